The lowest BCUT2D eigenvalue weighted by Crippen LogP contribution is -2.40. The summed E-state index contributed by atoms with van der Waals surface area (Å²) in [6.45, 7) is 2.34. The summed E-state index contributed by atoms with van der Waals surface area (Å²) < 4.78 is 0. The van der Waals surface area contributed by atoms with Crippen molar-refractivity contribution in [1.29, 1.82) is 0 Å². The molecule has 20 heavy (non-hydrogen) atoms. The van der Waals surface area contributed by atoms with Crippen molar-refractivity contribution < 1.29 is 4.79 Å². The summed E-state index contributed by atoms with van der Waals surface area (Å²) in [5.41, 5.74) is 3.64. The van der Waals surface area contributed by atoms with Crippen LogP contribution in [0.5, 0.6) is 0 Å². The van der Waals surface area contributed by atoms with Crippen molar-refractivity contribution in [3.05, 3.63) is 17.0 Å². The van der Waals surface area contributed by atoms with Crippen LogP contribution in [0.25, 0.3) is 0 Å². The molecular formula is C15H24N4O. The lowest BCUT2D eigenvalue weighted by atomic mass is 9.96. The van der Waals surface area contributed by atoms with Crippen molar-refractivity contribution in [2.24, 2.45) is 0 Å². The van der Waals surface area contributed by atoms with Crippen LogP contribution in [0.2, 0.25) is 0 Å². The summed E-state index contributed by atoms with van der Waals surface area (Å²) >= 11 is 0. The van der Waals surface area contributed by atoms with Gasteiger partial charge in [-0.1, -0.05) is 12.8 Å². The smallest absolute Gasteiger partial charge is 0.317 e. The van der Waals surface area contributed by atoms with E-state index in [1.165, 1.54) is 36.9 Å². The number of amides is 2. The molecule has 0 saturated carbocycles. The number of H-pyrrole nitrogens is 1. The maximum atomic E-state index is 12.2. The second-order valence-electron chi connectivity index (χ2n) is 5.89. The van der Waals surface area contributed by atoms with Crippen LogP contribution in [0.3, 0.4) is 0 Å². The SMILES string of the molecule is O=C(NCc1n[nH]c2c1CCCC2)N1CCCCCC1. The van der Waals surface area contributed by atoms with E-state index in [-0.39, 0.29) is 6.03 Å². The van der Waals surface area contributed by atoms with Gasteiger partial charge < -0.3 is 10.2 Å². The standard InChI is InChI=1S/C15H24N4O/c20-15(19-9-5-1-2-6-10-19)16-11-14-12-7-3-4-8-13(12)17-18-14/h1-11H2,(H,16,20)(H,17,18). The fourth-order valence-electron chi connectivity index (χ4n) is 3.24. The minimum Gasteiger partial charge on any atom is -0.332 e. The summed E-state index contributed by atoms with van der Waals surface area (Å²) in [6.07, 6.45) is 9.43. The van der Waals surface area contributed by atoms with E-state index in [4.69, 9.17) is 0 Å². The highest BCUT2D eigenvalue weighted by Crippen LogP contribution is 2.22. The zero-order valence-corrected chi connectivity index (χ0v) is 12.1. The normalized spacial score (nSPS) is 19.3. The average Bonchev–Trinajstić information content (AvgIpc) is 2.70. The number of hydrogen-bond donors (Lipinski definition) is 2. The first-order valence-electron chi connectivity index (χ1n) is 7.92. The Kier molecular flexibility index (Phi) is 4.23. The number of carbonyl (C=O) groups excluding carboxylic acids is 1. The summed E-state index contributed by atoms with van der Waals surface area (Å²) in [5, 5.41) is 10.5. The van der Waals surface area contributed by atoms with E-state index in [0.717, 1.165) is 44.5 Å². The van der Waals surface area contributed by atoms with E-state index in [0.29, 0.717) is 6.54 Å². The third-order valence-electron chi connectivity index (χ3n) is 4.44. The van der Waals surface area contributed by atoms with Crippen LogP contribution in [0, 0.1) is 0 Å². The van der Waals surface area contributed by atoms with E-state index in [9.17, 15) is 4.79 Å². The zero-order valence-electron chi connectivity index (χ0n) is 12.1. The Hall–Kier alpha value is -1.52. The van der Waals surface area contributed by atoms with Crippen LogP contribution >= 0.6 is 0 Å². The number of carbonyl (C=O) groups is 1. The highest BCUT2D eigenvalue weighted by molar-refractivity contribution is 5.74. The number of rotatable bonds is 2. The Morgan fingerprint density at radius 2 is 1.85 bits per heavy atom. The van der Waals surface area contributed by atoms with Crippen molar-refractivity contribution in [1.82, 2.24) is 20.4 Å². The summed E-state index contributed by atoms with van der Waals surface area (Å²) in [5.74, 6) is 0. The molecule has 5 nitrogen and oxygen atoms in total. The first kappa shape index (κ1) is 13.5. The molecule has 0 spiro atoms. The number of hydrogen-bond acceptors (Lipinski definition) is 2. The largest absolute Gasteiger partial charge is 0.332 e. The molecular weight excluding hydrogens is 252 g/mol. The minimum atomic E-state index is 0.0689. The van der Waals surface area contributed by atoms with Gasteiger partial charge in [-0.25, -0.2) is 4.79 Å². The molecule has 0 aromatic carbocycles. The lowest BCUT2D eigenvalue weighted by molar-refractivity contribution is 0.199. The molecule has 2 amide bonds. The average molecular weight is 276 g/mol. The number of aryl methyl sites for hydroxylation is 1. The van der Waals surface area contributed by atoms with E-state index < -0.39 is 0 Å². The third-order valence-corrected chi connectivity index (χ3v) is 4.44. The summed E-state index contributed by atoms with van der Waals surface area (Å²) in [4.78, 5) is 14.1. The van der Waals surface area contributed by atoms with Crippen LogP contribution < -0.4 is 5.32 Å². The molecule has 2 N–H and O–H groups in total. The third kappa shape index (κ3) is 2.97. The lowest BCUT2D eigenvalue weighted by Gasteiger charge is -2.20. The van der Waals surface area contributed by atoms with Crippen molar-refractivity contribution in [2.75, 3.05) is 13.1 Å². The van der Waals surface area contributed by atoms with Crippen LogP contribution in [0.15, 0.2) is 0 Å². The molecule has 0 bridgehead atoms. The van der Waals surface area contributed by atoms with Gasteiger partial charge in [0.05, 0.1) is 12.2 Å². The van der Waals surface area contributed by atoms with Crippen LogP contribution in [0.1, 0.15) is 55.5 Å². The Labute approximate surface area is 120 Å². The van der Waals surface area contributed by atoms with Gasteiger partial charge in [-0.3, -0.25) is 5.10 Å². The second kappa shape index (κ2) is 6.29. The van der Waals surface area contributed by atoms with Crippen LogP contribution in [0.4, 0.5) is 4.79 Å². The number of nitrogens with one attached hydrogen (secondary N) is 2. The molecule has 5 heteroatoms. The van der Waals surface area contributed by atoms with Gasteiger partial charge in [0.1, 0.15) is 0 Å². The van der Waals surface area contributed by atoms with Gasteiger partial charge in [-0.15, -0.1) is 0 Å². The van der Waals surface area contributed by atoms with Crippen molar-refractivity contribution in [2.45, 2.75) is 57.9 Å². The predicted octanol–water partition coefficient (Wildman–Crippen LogP) is 2.37. The molecule has 1 aliphatic heterocycles. The van der Waals surface area contributed by atoms with Crippen molar-refractivity contribution >= 4 is 6.03 Å². The number of aromatic amines is 1. The molecule has 1 aliphatic carbocycles. The molecule has 0 atom stereocenters. The van der Waals surface area contributed by atoms with E-state index >= 15 is 0 Å². The first-order chi connectivity index (χ1) is 9.84. The van der Waals surface area contributed by atoms with Crippen molar-refractivity contribution in [3.8, 4) is 0 Å². The van der Waals surface area contributed by atoms with Gasteiger partial charge in [-0.05, 0) is 44.1 Å². The maximum Gasteiger partial charge on any atom is 0.317 e. The first-order valence-corrected chi connectivity index (χ1v) is 7.92. The number of urea groups is 1. The molecule has 110 valence electrons. The molecule has 1 saturated heterocycles. The van der Waals surface area contributed by atoms with Crippen molar-refractivity contribution in [3.63, 3.8) is 0 Å². The van der Waals surface area contributed by atoms with Crippen LogP contribution in [-0.4, -0.2) is 34.2 Å². The number of likely N-dealkylation sites (tertiary alicyclic amines) is 1. The molecule has 3 rings (SSSR count). The van der Waals surface area contributed by atoms with Crippen LogP contribution in [-0.2, 0) is 19.4 Å². The van der Waals surface area contributed by atoms with Gasteiger partial charge in [0, 0.05) is 18.8 Å². The Morgan fingerprint density at radius 3 is 2.65 bits per heavy atom. The zero-order chi connectivity index (χ0) is 13.8. The van der Waals surface area contributed by atoms with Gasteiger partial charge in [0.15, 0.2) is 0 Å². The Morgan fingerprint density at radius 1 is 1.10 bits per heavy atom. The topological polar surface area (TPSA) is 61.0 Å². The number of nitrogens with zero attached hydrogens (tertiary/aromatic N) is 2. The molecule has 1 aromatic heterocycles. The highest BCUT2D eigenvalue weighted by Gasteiger charge is 2.19. The van der Waals surface area contributed by atoms with E-state index in [1.54, 1.807) is 0 Å². The molecule has 1 aromatic rings. The summed E-state index contributed by atoms with van der Waals surface area (Å²) in [6, 6.07) is 0.0689. The molecule has 2 aliphatic rings. The summed E-state index contributed by atoms with van der Waals surface area (Å²) in [7, 11) is 0. The fraction of sp³-hybridized carbons (Fsp3) is 0.733. The molecule has 0 radical (unpaired) electrons. The molecule has 1 fully saturated rings. The molecule has 0 unspecified atom stereocenters. The molecule has 2 heterocycles. The second-order valence-corrected chi connectivity index (χ2v) is 5.89. The predicted molar refractivity (Wildman–Crippen MR) is 77.5 cm³/mol. The van der Waals surface area contributed by atoms with Gasteiger partial charge in [0.25, 0.3) is 0 Å². The van der Waals surface area contributed by atoms with Gasteiger partial charge in [-0.2, -0.15) is 5.10 Å². The Bertz CT molecular complexity index is 460. The quantitative estimate of drug-likeness (QED) is 0.871. The van der Waals surface area contributed by atoms with Gasteiger partial charge >= 0.3 is 6.03 Å². The monoisotopic (exact) mass is 276 g/mol. The highest BCUT2D eigenvalue weighted by atomic mass is 16.2. The number of aromatic nitrogens is 2. The Balaban J connectivity index is 1.56. The maximum absolute atomic E-state index is 12.2. The van der Waals surface area contributed by atoms with E-state index in [2.05, 4.69) is 15.5 Å². The minimum absolute atomic E-state index is 0.0689. The fourth-order valence-corrected chi connectivity index (χ4v) is 3.24. The number of fused-ring (bicyclic) bond motifs is 1. The van der Waals surface area contributed by atoms with Gasteiger partial charge in [0.2, 0.25) is 0 Å². The van der Waals surface area contributed by atoms with E-state index in [1.807, 2.05) is 4.90 Å².